The zero-order chi connectivity index (χ0) is 11.5. The van der Waals surface area contributed by atoms with Crippen molar-refractivity contribution in [1.29, 1.82) is 0 Å². The Labute approximate surface area is 98.8 Å². The van der Waals surface area contributed by atoms with Gasteiger partial charge in [0.2, 0.25) is 0 Å². The van der Waals surface area contributed by atoms with Crippen LogP contribution in [-0.2, 0) is 0 Å². The molecule has 5 heteroatoms. The Kier molecular flexibility index (Phi) is 3.51. The van der Waals surface area contributed by atoms with Gasteiger partial charge in [-0.1, -0.05) is 0 Å². The molecule has 0 spiro atoms. The highest BCUT2D eigenvalue weighted by Gasteiger charge is 2.24. The van der Waals surface area contributed by atoms with Crippen LogP contribution in [0.15, 0.2) is 16.5 Å². The molecule has 0 unspecified atom stereocenters. The molecule has 0 aromatic carbocycles. The summed E-state index contributed by atoms with van der Waals surface area (Å²) < 4.78 is 5.08. The quantitative estimate of drug-likeness (QED) is 0.862. The smallest absolute Gasteiger partial charge is 0.289 e. The van der Waals surface area contributed by atoms with Gasteiger partial charge in [-0.3, -0.25) is 4.79 Å². The van der Waals surface area contributed by atoms with Gasteiger partial charge in [-0.05, 0) is 42.5 Å². The first-order valence-electron chi connectivity index (χ1n) is 5.36. The average molecular weight is 244 g/mol. The maximum atomic E-state index is 11.9. The van der Waals surface area contributed by atoms with E-state index in [4.69, 9.17) is 21.1 Å². The maximum absolute atomic E-state index is 11.9. The van der Waals surface area contributed by atoms with Gasteiger partial charge in [0.05, 0.1) is 0 Å². The molecular weight excluding hydrogens is 230 g/mol. The summed E-state index contributed by atoms with van der Waals surface area (Å²) in [5.41, 5.74) is 0. The molecule has 0 atom stereocenters. The highest BCUT2D eigenvalue weighted by Crippen LogP contribution is 2.20. The van der Waals surface area contributed by atoms with Crippen molar-refractivity contribution in [3.8, 4) is 0 Å². The molecule has 0 bridgehead atoms. The van der Waals surface area contributed by atoms with E-state index in [0.29, 0.717) is 19.0 Å². The van der Waals surface area contributed by atoms with Gasteiger partial charge in [0.25, 0.3) is 5.91 Å². The Bertz CT molecular complexity index is 369. The van der Waals surface area contributed by atoms with E-state index in [1.165, 1.54) is 0 Å². The number of rotatable bonds is 2. The zero-order valence-electron chi connectivity index (χ0n) is 8.86. The first-order valence-corrected chi connectivity index (χ1v) is 5.74. The number of amides is 1. The number of carbonyl (C=O) groups is 1. The van der Waals surface area contributed by atoms with Crippen LogP contribution >= 0.6 is 11.6 Å². The molecule has 2 heterocycles. The molecule has 1 N–H and O–H groups in total. The molecule has 1 fully saturated rings. The van der Waals surface area contributed by atoms with Crippen molar-refractivity contribution in [1.82, 2.24) is 4.90 Å². The fraction of sp³-hybridized carbons (Fsp3) is 0.545. The van der Waals surface area contributed by atoms with Crippen LogP contribution in [0.1, 0.15) is 23.4 Å². The summed E-state index contributed by atoms with van der Waals surface area (Å²) in [6.07, 6.45) is 1.69. The first-order chi connectivity index (χ1) is 7.70. The summed E-state index contributed by atoms with van der Waals surface area (Å²) in [6.45, 7) is 1.54. The molecule has 88 valence electrons. The minimum Gasteiger partial charge on any atom is -0.440 e. The molecule has 0 radical (unpaired) electrons. The molecule has 1 amide bonds. The van der Waals surface area contributed by atoms with Crippen molar-refractivity contribution in [3.05, 3.63) is 23.1 Å². The fourth-order valence-electron chi connectivity index (χ4n) is 1.90. The van der Waals surface area contributed by atoms with Gasteiger partial charge < -0.3 is 14.4 Å². The molecular formula is C11H14ClNO3. The lowest BCUT2D eigenvalue weighted by atomic mass is 9.98. The number of carbonyl (C=O) groups excluding carboxylic acids is 1. The van der Waals surface area contributed by atoms with Crippen molar-refractivity contribution in [2.24, 2.45) is 5.92 Å². The Balaban J connectivity index is 1.96. The van der Waals surface area contributed by atoms with Crippen LogP contribution < -0.4 is 0 Å². The maximum Gasteiger partial charge on any atom is 0.289 e. The largest absolute Gasteiger partial charge is 0.440 e. The summed E-state index contributed by atoms with van der Waals surface area (Å²) in [4.78, 5) is 13.7. The Hall–Kier alpha value is -1.00. The van der Waals surface area contributed by atoms with Crippen LogP contribution in [-0.4, -0.2) is 35.6 Å². The van der Waals surface area contributed by atoms with Crippen LogP contribution in [0, 0.1) is 5.92 Å². The molecule has 1 aliphatic rings. The van der Waals surface area contributed by atoms with Gasteiger partial charge in [0.1, 0.15) is 0 Å². The molecule has 0 saturated carbocycles. The van der Waals surface area contributed by atoms with E-state index >= 15 is 0 Å². The van der Waals surface area contributed by atoms with Crippen molar-refractivity contribution >= 4 is 17.5 Å². The average Bonchev–Trinajstić information content (AvgIpc) is 2.75. The minimum atomic E-state index is -0.122. The Morgan fingerprint density at radius 1 is 1.50 bits per heavy atom. The third-order valence-electron chi connectivity index (χ3n) is 2.94. The van der Waals surface area contributed by atoms with Crippen LogP contribution in [0.2, 0.25) is 5.22 Å². The van der Waals surface area contributed by atoms with Crippen LogP contribution in [0.25, 0.3) is 0 Å². The normalized spacial score (nSPS) is 17.8. The van der Waals surface area contributed by atoms with Gasteiger partial charge in [0, 0.05) is 19.7 Å². The number of likely N-dealkylation sites (tertiary alicyclic amines) is 1. The second kappa shape index (κ2) is 4.89. The van der Waals surface area contributed by atoms with Crippen molar-refractivity contribution in [2.75, 3.05) is 19.7 Å². The number of piperidine rings is 1. The highest BCUT2D eigenvalue weighted by atomic mass is 35.5. The third kappa shape index (κ3) is 2.39. The molecule has 16 heavy (non-hydrogen) atoms. The number of aliphatic hydroxyl groups excluding tert-OH is 1. The molecule has 1 saturated heterocycles. The van der Waals surface area contributed by atoms with Crippen molar-refractivity contribution < 1.29 is 14.3 Å². The number of halogens is 1. The third-order valence-corrected chi connectivity index (χ3v) is 3.15. The van der Waals surface area contributed by atoms with E-state index in [-0.39, 0.29) is 23.5 Å². The molecule has 1 aromatic heterocycles. The van der Waals surface area contributed by atoms with E-state index < -0.39 is 0 Å². The standard InChI is InChI=1S/C11H14ClNO3/c12-10-2-1-9(16-10)11(15)13-5-3-8(7-14)4-6-13/h1-2,8,14H,3-7H2. The van der Waals surface area contributed by atoms with Gasteiger partial charge in [-0.15, -0.1) is 0 Å². The summed E-state index contributed by atoms with van der Waals surface area (Å²) >= 11 is 5.62. The predicted molar refractivity (Wildman–Crippen MR) is 59.4 cm³/mol. The van der Waals surface area contributed by atoms with Gasteiger partial charge in [-0.25, -0.2) is 0 Å². The van der Waals surface area contributed by atoms with Gasteiger partial charge in [0.15, 0.2) is 11.0 Å². The molecule has 1 aliphatic heterocycles. The second-order valence-corrected chi connectivity index (χ2v) is 4.39. The number of hydrogen-bond donors (Lipinski definition) is 1. The number of furan rings is 1. The van der Waals surface area contributed by atoms with Gasteiger partial charge in [-0.2, -0.15) is 0 Å². The van der Waals surface area contributed by atoms with Crippen LogP contribution in [0.3, 0.4) is 0 Å². The summed E-state index contributed by atoms with van der Waals surface area (Å²) in [5, 5.41) is 9.23. The van der Waals surface area contributed by atoms with E-state index in [0.717, 1.165) is 12.8 Å². The monoisotopic (exact) mass is 243 g/mol. The molecule has 2 rings (SSSR count). The fourth-order valence-corrected chi connectivity index (χ4v) is 2.05. The zero-order valence-corrected chi connectivity index (χ0v) is 9.61. The number of nitrogens with zero attached hydrogens (tertiary/aromatic N) is 1. The molecule has 4 nitrogen and oxygen atoms in total. The molecule has 1 aromatic rings. The first kappa shape index (κ1) is 11.5. The topological polar surface area (TPSA) is 53.7 Å². The van der Waals surface area contributed by atoms with Gasteiger partial charge >= 0.3 is 0 Å². The van der Waals surface area contributed by atoms with E-state index in [2.05, 4.69) is 0 Å². The Morgan fingerprint density at radius 3 is 2.69 bits per heavy atom. The van der Waals surface area contributed by atoms with E-state index in [1.54, 1.807) is 17.0 Å². The highest BCUT2D eigenvalue weighted by molar-refractivity contribution is 6.29. The van der Waals surface area contributed by atoms with Crippen LogP contribution in [0.4, 0.5) is 0 Å². The number of aliphatic hydroxyl groups is 1. The number of hydrogen-bond acceptors (Lipinski definition) is 3. The SMILES string of the molecule is O=C(c1ccc(Cl)o1)N1CCC(CO)CC1. The predicted octanol–water partition coefficient (Wildman–Crippen LogP) is 1.78. The lowest BCUT2D eigenvalue weighted by Gasteiger charge is -2.30. The van der Waals surface area contributed by atoms with E-state index in [9.17, 15) is 4.79 Å². The second-order valence-electron chi connectivity index (χ2n) is 4.02. The van der Waals surface area contributed by atoms with E-state index in [1.807, 2.05) is 0 Å². The Morgan fingerprint density at radius 2 is 2.19 bits per heavy atom. The van der Waals surface area contributed by atoms with Crippen molar-refractivity contribution in [3.63, 3.8) is 0 Å². The van der Waals surface area contributed by atoms with Crippen LogP contribution in [0.5, 0.6) is 0 Å². The minimum absolute atomic E-state index is 0.122. The molecule has 0 aliphatic carbocycles. The summed E-state index contributed by atoms with van der Waals surface area (Å²) in [7, 11) is 0. The lowest BCUT2D eigenvalue weighted by Crippen LogP contribution is -2.39. The van der Waals surface area contributed by atoms with Crippen molar-refractivity contribution in [2.45, 2.75) is 12.8 Å². The summed E-state index contributed by atoms with van der Waals surface area (Å²) in [5.74, 6) is 0.486. The lowest BCUT2D eigenvalue weighted by molar-refractivity contribution is 0.0620. The summed E-state index contributed by atoms with van der Waals surface area (Å²) in [6, 6.07) is 3.15.